The molecule has 0 fully saturated rings. The number of carbonyl (C=O) groups is 3. The Morgan fingerprint density at radius 2 is 1.26 bits per heavy atom. The third-order valence-corrected chi connectivity index (χ3v) is 4.95. The van der Waals surface area contributed by atoms with E-state index in [1.54, 1.807) is 48.5 Å². The zero-order valence-electron chi connectivity index (χ0n) is 15.0. The fraction of sp³-hybridized carbons (Fsp3) is 0.0870. The molecule has 0 unspecified atom stereocenters. The molecule has 2 amide bonds. The Balaban J connectivity index is 1.63. The summed E-state index contributed by atoms with van der Waals surface area (Å²) in [5.74, 6) is -0.778. The van der Waals surface area contributed by atoms with E-state index >= 15 is 0 Å². The maximum Gasteiger partial charge on any atom is 0.266 e. The maximum atomic E-state index is 12.7. The Morgan fingerprint density at radius 1 is 0.704 bits per heavy atom. The highest BCUT2D eigenvalue weighted by molar-refractivity contribution is 6.34. The highest BCUT2D eigenvalue weighted by atomic mass is 16.2. The number of amides is 2. The van der Waals surface area contributed by atoms with Crippen molar-refractivity contribution in [2.75, 3.05) is 4.90 Å². The second-order valence-corrected chi connectivity index (χ2v) is 6.67. The van der Waals surface area contributed by atoms with Gasteiger partial charge >= 0.3 is 0 Å². The minimum atomic E-state index is -0.344. The second-order valence-electron chi connectivity index (χ2n) is 6.67. The zero-order valence-corrected chi connectivity index (χ0v) is 15.0. The third kappa shape index (κ3) is 2.75. The zero-order chi connectivity index (χ0) is 19.1. The molecule has 1 aliphatic heterocycles. The van der Waals surface area contributed by atoms with Crippen LogP contribution in [-0.4, -0.2) is 17.6 Å². The first-order chi connectivity index (χ1) is 13.0. The van der Waals surface area contributed by atoms with Crippen molar-refractivity contribution < 1.29 is 14.4 Å². The van der Waals surface area contributed by atoms with Crippen molar-refractivity contribution in [3.8, 4) is 0 Å². The molecule has 132 valence electrons. The summed E-state index contributed by atoms with van der Waals surface area (Å²) in [6.45, 7) is 3.97. The number of ketones is 1. The molecule has 3 aromatic carbocycles. The lowest BCUT2D eigenvalue weighted by molar-refractivity contribution is 0.0925. The van der Waals surface area contributed by atoms with Crippen LogP contribution in [0, 0.1) is 13.8 Å². The van der Waals surface area contributed by atoms with Gasteiger partial charge in [-0.15, -0.1) is 0 Å². The fourth-order valence-corrected chi connectivity index (χ4v) is 3.23. The Kier molecular flexibility index (Phi) is 3.96. The van der Waals surface area contributed by atoms with Crippen LogP contribution in [0.3, 0.4) is 0 Å². The smallest absolute Gasteiger partial charge is 0.266 e. The summed E-state index contributed by atoms with van der Waals surface area (Å²) in [7, 11) is 0. The number of hydrogen-bond acceptors (Lipinski definition) is 3. The molecule has 3 aromatic rings. The number of anilines is 1. The quantitative estimate of drug-likeness (QED) is 0.519. The summed E-state index contributed by atoms with van der Waals surface area (Å²) in [6, 6.07) is 18.9. The number of benzene rings is 3. The largest absolute Gasteiger partial charge is 0.289 e. The molecule has 4 nitrogen and oxygen atoms in total. The molecule has 4 heteroatoms. The first kappa shape index (κ1) is 16.9. The van der Waals surface area contributed by atoms with Crippen molar-refractivity contribution >= 4 is 23.3 Å². The molecule has 0 radical (unpaired) electrons. The van der Waals surface area contributed by atoms with E-state index in [1.807, 2.05) is 32.0 Å². The first-order valence-electron chi connectivity index (χ1n) is 8.67. The van der Waals surface area contributed by atoms with E-state index in [-0.39, 0.29) is 17.6 Å². The number of nitrogens with zero attached hydrogens (tertiary/aromatic N) is 1. The highest BCUT2D eigenvalue weighted by Crippen LogP contribution is 2.28. The normalized spacial score (nSPS) is 13.0. The van der Waals surface area contributed by atoms with Crippen LogP contribution in [-0.2, 0) is 0 Å². The second kappa shape index (κ2) is 6.32. The van der Waals surface area contributed by atoms with Crippen molar-refractivity contribution in [3.05, 3.63) is 100 Å². The molecular weight excluding hydrogens is 338 g/mol. The Bertz CT molecular complexity index is 1060. The molecule has 0 saturated heterocycles. The van der Waals surface area contributed by atoms with Crippen LogP contribution >= 0.6 is 0 Å². The molecule has 0 atom stereocenters. The molecule has 0 aliphatic carbocycles. The van der Waals surface area contributed by atoms with Crippen LogP contribution in [0.4, 0.5) is 5.69 Å². The van der Waals surface area contributed by atoms with Crippen molar-refractivity contribution in [2.24, 2.45) is 0 Å². The number of rotatable bonds is 3. The summed E-state index contributed by atoms with van der Waals surface area (Å²) in [6.07, 6.45) is 0. The fourth-order valence-electron chi connectivity index (χ4n) is 3.23. The standard InChI is InChI=1S/C23H17NO3/c1-14-7-8-17(13-15(14)2)21(25)16-9-11-18(12-10-16)24-22(26)19-5-3-4-6-20(19)23(24)27/h3-13H,1-2H3. The van der Waals surface area contributed by atoms with E-state index in [0.29, 0.717) is 27.9 Å². The van der Waals surface area contributed by atoms with Gasteiger partial charge in [0.15, 0.2) is 5.78 Å². The van der Waals surface area contributed by atoms with Gasteiger partial charge in [0.1, 0.15) is 0 Å². The van der Waals surface area contributed by atoms with Crippen LogP contribution in [0.15, 0.2) is 66.7 Å². The third-order valence-electron chi connectivity index (χ3n) is 4.95. The lowest BCUT2D eigenvalue weighted by Crippen LogP contribution is -2.29. The molecule has 0 spiro atoms. The van der Waals surface area contributed by atoms with E-state index in [4.69, 9.17) is 0 Å². The minimum absolute atomic E-state index is 0.0907. The molecule has 0 bridgehead atoms. The van der Waals surface area contributed by atoms with Crippen LogP contribution < -0.4 is 4.90 Å². The van der Waals surface area contributed by atoms with Crippen molar-refractivity contribution in [1.29, 1.82) is 0 Å². The van der Waals surface area contributed by atoms with Gasteiger partial charge in [-0.1, -0.05) is 24.3 Å². The van der Waals surface area contributed by atoms with Crippen LogP contribution in [0.1, 0.15) is 47.8 Å². The van der Waals surface area contributed by atoms with E-state index in [2.05, 4.69) is 0 Å². The van der Waals surface area contributed by atoms with E-state index in [9.17, 15) is 14.4 Å². The van der Waals surface area contributed by atoms with Crippen molar-refractivity contribution in [2.45, 2.75) is 13.8 Å². The molecular formula is C23H17NO3. The average molecular weight is 355 g/mol. The van der Waals surface area contributed by atoms with Gasteiger partial charge in [-0.3, -0.25) is 14.4 Å². The molecule has 1 aliphatic rings. The van der Waals surface area contributed by atoms with Gasteiger partial charge < -0.3 is 0 Å². The monoisotopic (exact) mass is 355 g/mol. The van der Waals surface area contributed by atoms with Crippen LogP contribution in [0.25, 0.3) is 0 Å². The predicted octanol–water partition coefficient (Wildman–Crippen LogP) is 4.34. The Labute approximate surface area is 157 Å². The average Bonchev–Trinajstić information content (AvgIpc) is 2.94. The maximum absolute atomic E-state index is 12.7. The van der Waals surface area contributed by atoms with Crippen LogP contribution in [0.2, 0.25) is 0 Å². The van der Waals surface area contributed by atoms with Crippen LogP contribution in [0.5, 0.6) is 0 Å². The van der Waals surface area contributed by atoms with Gasteiger partial charge in [-0.2, -0.15) is 0 Å². The van der Waals surface area contributed by atoms with Gasteiger partial charge in [-0.05, 0) is 67.4 Å². The summed E-state index contributed by atoms with van der Waals surface area (Å²) in [5.41, 5.74) is 4.58. The molecule has 0 aromatic heterocycles. The van der Waals surface area contributed by atoms with Gasteiger partial charge in [0.05, 0.1) is 16.8 Å². The SMILES string of the molecule is Cc1ccc(C(=O)c2ccc(N3C(=O)c4ccccc4C3=O)cc2)cc1C. The molecule has 0 saturated carbocycles. The lowest BCUT2D eigenvalue weighted by Gasteiger charge is -2.14. The lowest BCUT2D eigenvalue weighted by atomic mass is 9.99. The Hall–Kier alpha value is -3.53. The van der Waals surface area contributed by atoms with E-state index < -0.39 is 0 Å². The van der Waals surface area contributed by atoms with Gasteiger partial charge in [0.2, 0.25) is 0 Å². The molecule has 4 rings (SSSR count). The molecule has 1 heterocycles. The number of imide groups is 1. The summed E-state index contributed by atoms with van der Waals surface area (Å²) in [4.78, 5) is 39.0. The number of fused-ring (bicyclic) bond motifs is 1. The topological polar surface area (TPSA) is 54.5 Å². The molecule has 0 N–H and O–H groups in total. The molecule has 27 heavy (non-hydrogen) atoms. The van der Waals surface area contributed by atoms with Crippen molar-refractivity contribution in [1.82, 2.24) is 0 Å². The van der Waals surface area contributed by atoms with Gasteiger partial charge in [0, 0.05) is 11.1 Å². The van der Waals surface area contributed by atoms with E-state index in [0.717, 1.165) is 16.0 Å². The van der Waals surface area contributed by atoms with Crippen molar-refractivity contribution in [3.63, 3.8) is 0 Å². The van der Waals surface area contributed by atoms with Gasteiger partial charge in [-0.25, -0.2) is 4.90 Å². The van der Waals surface area contributed by atoms with Gasteiger partial charge in [0.25, 0.3) is 11.8 Å². The number of hydrogen-bond donors (Lipinski definition) is 0. The number of aryl methyl sites for hydroxylation is 2. The summed E-state index contributed by atoms with van der Waals surface area (Å²) in [5, 5.41) is 0. The minimum Gasteiger partial charge on any atom is -0.289 e. The Morgan fingerprint density at radius 3 is 1.81 bits per heavy atom. The highest BCUT2D eigenvalue weighted by Gasteiger charge is 2.36. The first-order valence-corrected chi connectivity index (χ1v) is 8.67. The summed E-state index contributed by atoms with van der Waals surface area (Å²) < 4.78 is 0. The summed E-state index contributed by atoms with van der Waals surface area (Å²) >= 11 is 0. The number of carbonyl (C=O) groups excluding carboxylic acids is 3. The predicted molar refractivity (Wildman–Crippen MR) is 103 cm³/mol. The van der Waals surface area contributed by atoms with E-state index in [1.165, 1.54) is 0 Å².